The first-order valence-corrected chi connectivity index (χ1v) is 4.85. The molecule has 0 amide bonds. The summed E-state index contributed by atoms with van der Waals surface area (Å²) in [5.74, 6) is 0.597. The number of hydrogen-bond donors (Lipinski definition) is 0. The lowest BCUT2D eigenvalue weighted by Crippen LogP contribution is -2.23. The van der Waals surface area contributed by atoms with E-state index in [1.165, 1.54) is 16.9 Å². The van der Waals surface area contributed by atoms with Crippen LogP contribution in [0.1, 0.15) is 13.3 Å². The third-order valence-corrected chi connectivity index (χ3v) is 2.50. The highest BCUT2D eigenvalue weighted by atomic mass is 14.0. The van der Waals surface area contributed by atoms with Crippen LogP contribution in [0.3, 0.4) is 0 Å². The molecule has 1 atom stereocenters. The average Bonchev–Trinajstić information content (AvgIpc) is 2.38. The van der Waals surface area contributed by atoms with Gasteiger partial charge in [-0.25, -0.2) is 0 Å². The summed E-state index contributed by atoms with van der Waals surface area (Å²) in [4.78, 5) is 0. The summed E-state index contributed by atoms with van der Waals surface area (Å²) in [6.07, 6.45) is 10.1. The van der Waals surface area contributed by atoms with Crippen LogP contribution in [-0.4, -0.2) is 0 Å². The van der Waals surface area contributed by atoms with Crippen molar-refractivity contribution in [2.75, 3.05) is 0 Å². The topological polar surface area (TPSA) is 0 Å². The molecule has 0 aromatic heterocycles. The Balaban J connectivity index is 2.62. The molecule has 1 aliphatic carbocycles. The summed E-state index contributed by atoms with van der Waals surface area (Å²) in [5.41, 5.74) is 0. The molecule has 1 aromatic rings. The van der Waals surface area contributed by atoms with Crippen molar-refractivity contribution in [3.8, 4) is 0 Å². The van der Waals surface area contributed by atoms with Crippen LogP contribution in [0.25, 0.3) is 12.2 Å². The van der Waals surface area contributed by atoms with Gasteiger partial charge in [0, 0.05) is 0 Å². The largest absolute Gasteiger partial charge is 0.0776 e. The van der Waals surface area contributed by atoms with Crippen LogP contribution >= 0.6 is 0 Å². The summed E-state index contributed by atoms with van der Waals surface area (Å²) in [6, 6.07) is 8.53. The maximum atomic E-state index is 2.34. The number of fused-ring (bicyclic) bond motifs is 1. The molecule has 0 heteroatoms. The molecule has 0 radical (unpaired) electrons. The van der Waals surface area contributed by atoms with Gasteiger partial charge in [0.15, 0.2) is 0 Å². The fourth-order valence-electron chi connectivity index (χ4n) is 1.66. The van der Waals surface area contributed by atoms with Crippen molar-refractivity contribution in [1.82, 2.24) is 0 Å². The molecule has 13 heavy (non-hydrogen) atoms. The Hall–Kier alpha value is -1.30. The van der Waals surface area contributed by atoms with Crippen LogP contribution in [-0.2, 0) is 0 Å². The number of allylic oxidation sites excluding steroid dienone is 2. The molecule has 0 bridgehead atoms. The Morgan fingerprint density at radius 2 is 1.92 bits per heavy atom. The van der Waals surface area contributed by atoms with Crippen molar-refractivity contribution < 1.29 is 0 Å². The Bertz CT molecular complexity index is 424. The van der Waals surface area contributed by atoms with Crippen molar-refractivity contribution in [2.24, 2.45) is 5.92 Å². The average molecular weight is 170 g/mol. The van der Waals surface area contributed by atoms with Gasteiger partial charge in [-0.15, -0.1) is 0 Å². The lowest BCUT2D eigenvalue weighted by atomic mass is 10.1. The minimum absolute atomic E-state index is 0.597. The zero-order chi connectivity index (χ0) is 9.10. The van der Waals surface area contributed by atoms with E-state index < -0.39 is 0 Å². The molecule has 66 valence electrons. The molecule has 0 spiro atoms. The van der Waals surface area contributed by atoms with E-state index in [1.54, 1.807) is 0 Å². The normalized spacial score (nSPS) is 19.6. The summed E-state index contributed by atoms with van der Waals surface area (Å²) in [5, 5.41) is 2.69. The van der Waals surface area contributed by atoms with E-state index in [9.17, 15) is 0 Å². The highest BCUT2D eigenvalue weighted by Gasteiger charge is 1.97. The maximum absolute atomic E-state index is 2.34. The van der Waals surface area contributed by atoms with E-state index in [0.717, 1.165) is 0 Å². The summed E-state index contributed by atoms with van der Waals surface area (Å²) in [7, 11) is 0. The highest BCUT2D eigenvalue weighted by molar-refractivity contribution is 5.45. The first-order valence-electron chi connectivity index (χ1n) is 4.85. The number of rotatable bonds is 1. The predicted molar refractivity (Wildman–Crippen MR) is 57.5 cm³/mol. The summed E-state index contributed by atoms with van der Waals surface area (Å²) >= 11 is 0. The van der Waals surface area contributed by atoms with Crippen molar-refractivity contribution in [1.29, 1.82) is 0 Å². The van der Waals surface area contributed by atoms with E-state index in [1.807, 2.05) is 0 Å². The van der Waals surface area contributed by atoms with Gasteiger partial charge in [-0.3, -0.25) is 0 Å². The fraction of sp³-hybridized carbons (Fsp3) is 0.231. The van der Waals surface area contributed by atoms with E-state index in [-0.39, 0.29) is 0 Å². The van der Waals surface area contributed by atoms with E-state index in [2.05, 4.69) is 55.5 Å². The van der Waals surface area contributed by atoms with Crippen molar-refractivity contribution in [2.45, 2.75) is 13.3 Å². The molecule has 0 aliphatic heterocycles. The minimum atomic E-state index is 0.597. The quantitative estimate of drug-likeness (QED) is 0.603. The van der Waals surface area contributed by atoms with Crippen LogP contribution < -0.4 is 10.4 Å². The Labute approximate surface area is 78.9 Å². The van der Waals surface area contributed by atoms with Gasteiger partial charge in [-0.2, -0.15) is 0 Å². The molecule has 1 aromatic carbocycles. The zero-order valence-electron chi connectivity index (χ0n) is 7.90. The summed E-state index contributed by atoms with van der Waals surface area (Å²) in [6.45, 7) is 2.22. The Kier molecular flexibility index (Phi) is 2.31. The molecule has 0 saturated heterocycles. The van der Waals surface area contributed by atoms with Crippen LogP contribution in [0.4, 0.5) is 0 Å². The van der Waals surface area contributed by atoms with Gasteiger partial charge in [-0.05, 0) is 22.8 Å². The monoisotopic (exact) mass is 170 g/mol. The molecule has 1 unspecified atom stereocenters. The molecule has 0 nitrogen and oxygen atoms in total. The third kappa shape index (κ3) is 1.72. The van der Waals surface area contributed by atoms with Gasteiger partial charge in [0.2, 0.25) is 0 Å². The van der Waals surface area contributed by atoms with Gasteiger partial charge in [0.05, 0.1) is 0 Å². The lowest BCUT2D eigenvalue weighted by molar-refractivity contribution is 0.813. The Morgan fingerprint density at radius 1 is 1.15 bits per heavy atom. The Morgan fingerprint density at radius 3 is 2.69 bits per heavy atom. The van der Waals surface area contributed by atoms with Crippen LogP contribution in [0.2, 0.25) is 0 Å². The molecule has 2 rings (SSSR count). The molecular formula is C13H14. The first-order chi connectivity index (χ1) is 6.40. The molecule has 1 aliphatic rings. The molecular weight excluding hydrogens is 156 g/mol. The second kappa shape index (κ2) is 3.61. The van der Waals surface area contributed by atoms with Crippen LogP contribution in [0, 0.1) is 5.92 Å². The van der Waals surface area contributed by atoms with E-state index in [0.29, 0.717) is 5.92 Å². The summed E-state index contributed by atoms with van der Waals surface area (Å²) < 4.78 is 0. The smallest absolute Gasteiger partial charge is 0.00438 e. The number of hydrogen-bond acceptors (Lipinski definition) is 0. The SMILES string of the molecule is CCC1C=CC=c2ccccc2=C1. The van der Waals surface area contributed by atoms with Gasteiger partial charge in [-0.1, -0.05) is 55.5 Å². The third-order valence-electron chi connectivity index (χ3n) is 2.50. The maximum Gasteiger partial charge on any atom is -0.00438 e. The highest BCUT2D eigenvalue weighted by Crippen LogP contribution is 2.06. The van der Waals surface area contributed by atoms with E-state index >= 15 is 0 Å². The van der Waals surface area contributed by atoms with Gasteiger partial charge < -0.3 is 0 Å². The van der Waals surface area contributed by atoms with Gasteiger partial charge in [0.25, 0.3) is 0 Å². The van der Waals surface area contributed by atoms with Crippen molar-refractivity contribution in [3.05, 3.63) is 46.9 Å². The molecule has 0 saturated carbocycles. The lowest BCUT2D eigenvalue weighted by Gasteiger charge is -2.00. The van der Waals surface area contributed by atoms with Gasteiger partial charge >= 0.3 is 0 Å². The first kappa shape index (κ1) is 8.31. The minimum Gasteiger partial charge on any atom is -0.0776 e. The second-order valence-corrected chi connectivity index (χ2v) is 3.42. The van der Waals surface area contributed by atoms with E-state index in [4.69, 9.17) is 0 Å². The van der Waals surface area contributed by atoms with Crippen molar-refractivity contribution in [3.63, 3.8) is 0 Å². The molecule has 0 heterocycles. The zero-order valence-corrected chi connectivity index (χ0v) is 7.90. The molecule has 0 N–H and O–H groups in total. The standard InChI is InChI=1S/C13H14/c1-2-11-6-5-9-12-7-3-4-8-13(12)10-11/h3-11H,2H2,1H3. The van der Waals surface area contributed by atoms with Crippen LogP contribution in [0.15, 0.2) is 36.4 Å². The predicted octanol–water partition coefficient (Wildman–Crippen LogP) is 1.84. The van der Waals surface area contributed by atoms with Crippen molar-refractivity contribution >= 4 is 12.2 Å². The van der Waals surface area contributed by atoms with Crippen LogP contribution in [0.5, 0.6) is 0 Å². The molecule has 0 fully saturated rings. The number of benzene rings is 1. The van der Waals surface area contributed by atoms with Gasteiger partial charge in [0.1, 0.15) is 0 Å². The second-order valence-electron chi connectivity index (χ2n) is 3.42. The fourth-order valence-corrected chi connectivity index (χ4v) is 1.66.